The molecule has 0 aliphatic carbocycles. The van der Waals surface area contributed by atoms with Crippen LogP contribution in [0.15, 0.2) is 41.7 Å². The smallest absolute Gasteiger partial charge is 0.192 e. The summed E-state index contributed by atoms with van der Waals surface area (Å²) in [6.45, 7) is 1.72. The van der Waals surface area contributed by atoms with E-state index in [0.717, 1.165) is 0 Å². The predicted molar refractivity (Wildman–Crippen MR) is 68.0 cm³/mol. The molecule has 0 saturated carbocycles. The van der Waals surface area contributed by atoms with Gasteiger partial charge < -0.3 is 15.7 Å². The Hall–Kier alpha value is -2.63. The fraction of sp³-hybridized carbons (Fsp3) is 0.0769. The Bertz CT molecular complexity index is 629. The van der Waals surface area contributed by atoms with Crippen molar-refractivity contribution in [1.82, 2.24) is 4.98 Å². The number of benzene rings is 1. The largest absolute Gasteiger partial charge is 0.455 e. The molecule has 2 aromatic rings. The molecule has 0 bridgehead atoms. The number of nitrogens with zero attached hydrogens (tertiary/aromatic N) is 2. The molecule has 1 aromatic carbocycles. The zero-order valence-corrected chi connectivity index (χ0v) is 10.2. The molecule has 3 N–H and O–H groups in total. The first-order chi connectivity index (χ1) is 9.11. The molecule has 19 heavy (non-hydrogen) atoms. The van der Waals surface area contributed by atoms with Crippen LogP contribution in [0.3, 0.4) is 0 Å². The third kappa shape index (κ3) is 2.79. The summed E-state index contributed by atoms with van der Waals surface area (Å²) in [5.41, 5.74) is 6.36. The quantitative estimate of drug-likeness (QED) is 0.385. The molecule has 0 unspecified atom stereocenters. The van der Waals surface area contributed by atoms with Crippen LogP contribution in [0.1, 0.15) is 11.3 Å². The zero-order valence-electron chi connectivity index (χ0n) is 10.2. The lowest BCUT2D eigenvalue weighted by molar-refractivity contribution is 0.318. The van der Waals surface area contributed by atoms with E-state index in [2.05, 4.69) is 10.1 Å². The molecule has 98 valence electrons. The van der Waals surface area contributed by atoms with Gasteiger partial charge >= 0.3 is 0 Å². The molecule has 0 fully saturated rings. The normalized spacial score (nSPS) is 11.4. The lowest BCUT2D eigenvalue weighted by Gasteiger charge is -2.11. The highest BCUT2D eigenvalue weighted by atomic mass is 19.1. The van der Waals surface area contributed by atoms with Gasteiger partial charge in [-0.15, -0.1) is 0 Å². The monoisotopic (exact) mass is 261 g/mol. The van der Waals surface area contributed by atoms with Crippen LogP contribution >= 0.6 is 0 Å². The average Bonchev–Trinajstić information content (AvgIpc) is 2.41. The van der Waals surface area contributed by atoms with Gasteiger partial charge in [-0.3, -0.25) is 0 Å². The Balaban J connectivity index is 2.38. The van der Waals surface area contributed by atoms with Crippen LogP contribution in [0.2, 0.25) is 0 Å². The maximum Gasteiger partial charge on any atom is 0.192 e. The van der Waals surface area contributed by atoms with Crippen molar-refractivity contribution < 1.29 is 14.3 Å². The maximum atomic E-state index is 13.0. The minimum Gasteiger partial charge on any atom is -0.455 e. The highest BCUT2D eigenvalue weighted by molar-refractivity contribution is 5.97. The van der Waals surface area contributed by atoms with E-state index in [4.69, 9.17) is 15.7 Å². The Labute approximate surface area is 109 Å². The number of aromatic nitrogens is 1. The standard InChI is InChI=1S/C13H12FN3O2/c1-8-7-9(14)4-5-10(8)19-11-3-2-6-16-12(11)13(15)17-18/h2-7,18H,1H3,(H2,15,17). The van der Waals surface area contributed by atoms with Crippen molar-refractivity contribution in [2.45, 2.75) is 6.92 Å². The molecular formula is C13H12FN3O2. The van der Waals surface area contributed by atoms with E-state index in [1.54, 1.807) is 19.1 Å². The van der Waals surface area contributed by atoms with Crippen LogP contribution in [0.5, 0.6) is 11.5 Å². The molecule has 1 heterocycles. The lowest BCUT2D eigenvalue weighted by Crippen LogP contribution is -2.16. The second-order valence-corrected chi connectivity index (χ2v) is 3.85. The molecule has 0 aliphatic rings. The summed E-state index contributed by atoms with van der Waals surface area (Å²) in [6, 6.07) is 7.44. The molecule has 0 spiro atoms. The summed E-state index contributed by atoms with van der Waals surface area (Å²) in [5.74, 6) is 0.303. The Morgan fingerprint density at radius 3 is 2.84 bits per heavy atom. The minimum atomic E-state index is -0.340. The van der Waals surface area contributed by atoms with Crippen molar-refractivity contribution in [3.63, 3.8) is 0 Å². The van der Waals surface area contributed by atoms with Gasteiger partial charge in [-0.1, -0.05) is 5.16 Å². The number of rotatable bonds is 3. The van der Waals surface area contributed by atoms with Crippen molar-refractivity contribution in [2.24, 2.45) is 10.9 Å². The number of nitrogens with two attached hydrogens (primary N) is 1. The molecule has 0 aliphatic heterocycles. The predicted octanol–water partition coefficient (Wildman–Crippen LogP) is 2.42. The van der Waals surface area contributed by atoms with E-state index in [9.17, 15) is 4.39 Å². The molecule has 2 rings (SSSR count). The van der Waals surface area contributed by atoms with Gasteiger partial charge in [-0.2, -0.15) is 0 Å². The Morgan fingerprint density at radius 1 is 1.37 bits per heavy atom. The van der Waals surface area contributed by atoms with Crippen molar-refractivity contribution >= 4 is 5.84 Å². The third-order valence-corrected chi connectivity index (χ3v) is 2.48. The number of aryl methyl sites for hydroxylation is 1. The van der Waals surface area contributed by atoms with Crippen molar-refractivity contribution in [3.8, 4) is 11.5 Å². The summed E-state index contributed by atoms with van der Waals surface area (Å²) in [4.78, 5) is 3.98. The number of ether oxygens (including phenoxy) is 1. The summed E-state index contributed by atoms with van der Waals surface area (Å²) < 4.78 is 18.6. The molecule has 6 heteroatoms. The van der Waals surface area contributed by atoms with Gasteiger partial charge in [0.05, 0.1) is 0 Å². The molecule has 0 atom stereocenters. The molecule has 1 aromatic heterocycles. The third-order valence-electron chi connectivity index (χ3n) is 2.48. The molecule has 0 saturated heterocycles. The van der Waals surface area contributed by atoms with Gasteiger partial charge in [0, 0.05) is 6.20 Å². The van der Waals surface area contributed by atoms with Crippen LogP contribution in [0, 0.1) is 12.7 Å². The van der Waals surface area contributed by atoms with Gasteiger partial charge in [0.15, 0.2) is 17.3 Å². The zero-order chi connectivity index (χ0) is 13.8. The fourth-order valence-corrected chi connectivity index (χ4v) is 1.56. The lowest BCUT2D eigenvalue weighted by atomic mass is 10.2. The van der Waals surface area contributed by atoms with E-state index < -0.39 is 0 Å². The Morgan fingerprint density at radius 2 is 2.16 bits per heavy atom. The molecule has 0 amide bonds. The summed E-state index contributed by atoms with van der Waals surface area (Å²) >= 11 is 0. The summed E-state index contributed by atoms with van der Waals surface area (Å²) in [7, 11) is 0. The number of pyridine rings is 1. The van der Waals surface area contributed by atoms with Gasteiger partial charge in [0.25, 0.3) is 0 Å². The molecule has 5 nitrogen and oxygen atoms in total. The van der Waals surface area contributed by atoms with Crippen molar-refractivity contribution in [3.05, 3.63) is 53.6 Å². The minimum absolute atomic E-state index is 0.157. The van der Waals surface area contributed by atoms with Crippen LogP contribution < -0.4 is 10.5 Å². The fourth-order valence-electron chi connectivity index (χ4n) is 1.56. The van der Waals surface area contributed by atoms with Crippen molar-refractivity contribution in [2.75, 3.05) is 0 Å². The summed E-state index contributed by atoms with van der Waals surface area (Å²) in [5, 5.41) is 11.6. The maximum absolute atomic E-state index is 13.0. The topological polar surface area (TPSA) is 80.7 Å². The van der Waals surface area contributed by atoms with Crippen LogP contribution in [-0.2, 0) is 0 Å². The van der Waals surface area contributed by atoms with Crippen LogP contribution in [0.25, 0.3) is 0 Å². The number of oxime groups is 1. The first kappa shape index (κ1) is 12.8. The number of amidine groups is 1. The van der Waals surface area contributed by atoms with E-state index in [1.165, 1.54) is 24.4 Å². The number of halogens is 1. The first-order valence-corrected chi connectivity index (χ1v) is 5.48. The first-order valence-electron chi connectivity index (χ1n) is 5.48. The van der Waals surface area contributed by atoms with Crippen LogP contribution in [-0.4, -0.2) is 16.0 Å². The van der Waals surface area contributed by atoms with E-state index in [-0.39, 0.29) is 17.3 Å². The van der Waals surface area contributed by atoms with Gasteiger partial charge in [0.2, 0.25) is 0 Å². The van der Waals surface area contributed by atoms with Gasteiger partial charge in [-0.05, 0) is 42.8 Å². The van der Waals surface area contributed by atoms with Crippen LogP contribution in [0.4, 0.5) is 4.39 Å². The van der Waals surface area contributed by atoms with Gasteiger partial charge in [-0.25, -0.2) is 9.37 Å². The number of hydrogen-bond acceptors (Lipinski definition) is 4. The SMILES string of the molecule is Cc1cc(F)ccc1Oc1cccnc1/C(N)=N/O. The Kier molecular flexibility index (Phi) is 3.61. The highest BCUT2D eigenvalue weighted by Crippen LogP contribution is 2.27. The summed E-state index contributed by atoms with van der Waals surface area (Å²) in [6.07, 6.45) is 1.50. The van der Waals surface area contributed by atoms with E-state index in [0.29, 0.717) is 17.1 Å². The number of hydrogen-bond donors (Lipinski definition) is 2. The second kappa shape index (κ2) is 5.34. The average molecular weight is 261 g/mol. The van der Waals surface area contributed by atoms with Gasteiger partial charge in [0.1, 0.15) is 11.6 Å². The highest BCUT2D eigenvalue weighted by Gasteiger charge is 2.11. The molecule has 0 radical (unpaired) electrons. The second-order valence-electron chi connectivity index (χ2n) is 3.85. The van der Waals surface area contributed by atoms with E-state index in [1.807, 2.05) is 0 Å². The van der Waals surface area contributed by atoms with Crippen molar-refractivity contribution in [1.29, 1.82) is 0 Å². The van der Waals surface area contributed by atoms with E-state index >= 15 is 0 Å². The molecular weight excluding hydrogens is 249 g/mol.